The molecule has 102 valence electrons. The van der Waals surface area contributed by atoms with Crippen molar-refractivity contribution in [1.29, 1.82) is 0 Å². The van der Waals surface area contributed by atoms with E-state index in [2.05, 4.69) is 5.32 Å². The first kappa shape index (κ1) is 14.8. The molecular formula is C12H23F3N2. The van der Waals surface area contributed by atoms with E-state index in [-0.39, 0.29) is 12.1 Å². The summed E-state index contributed by atoms with van der Waals surface area (Å²) in [6, 6.07) is 0.196. The molecule has 0 spiro atoms. The third kappa shape index (κ3) is 4.47. The van der Waals surface area contributed by atoms with E-state index < -0.39 is 12.7 Å². The van der Waals surface area contributed by atoms with Gasteiger partial charge in [-0.2, -0.15) is 13.2 Å². The molecule has 1 fully saturated rings. The van der Waals surface area contributed by atoms with Gasteiger partial charge in [0.15, 0.2) is 0 Å². The largest absolute Gasteiger partial charge is 0.401 e. The minimum atomic E-state index is -4.10. The summed E-state index contributed by atoms with van der Waals surface area (Å²) in [5.41, 5.74) is 0. The number of hydrogen-bond acceptors (Lipinski definition) is 2. The Kier molecular flexibility index (Phi) is 5.25. The number of halogens is 3. The Morgan fingerprint density at radius 1 is 1.35 bits per heavy atom. The predicted octanol–water partition coefficient (Wildman–Crippen LogP) is 2.65. The predicted molar refractivity (Wildman–Crippen MR) is 63.0 cm³/mol. The zero-order valence-electron chi connectivity index (χ0n) is 10.8. The molecule has 17 heavy (non-hydrogen) atoms. The average molecular weight is 252 g/mol. The molecule has 1 heterocycles. The van der Waals surface area contributed by atoms with Crippen molar-refractivity contribution in [3.63, 3.8) is 0 Å². The standard InChI is InChI=1S/C12H23F3N2/c1-4-9(3)11-6-16-10(5-2)7-17(11)8-12(13,14)15/h9-11,16H,4-8H2,1-3H3. The third-order valence-corrected chi connectivity index (χ3v) is 3.72. The quantitative estimate of drug-likeness (QED) is 0.827. The van der Waals surface area contributed by atoms with Crippen LogP contribution in [0.15, 0.2) is 0 Å². The zero-order chi connectivity index (χ0) is 13.1. The van der Waals surface area contributed by atoms with E-state index in [1.165, 1.54) is 0 Å². The summed E-state index contributed by atoms with van der Waals surface area (Å²) in [4.78, 5) is 1.61. The molecule has 0 aromatic heterocycles. The number of nitrogens with zero attached hydrogens (tertiary/aromatic N) is 1. The summed E-state index contributed by atoms with van der Waals surface area (Å²) < 4.78 is 37.6. The van der Waals surface area contributed by atoms with Crippen LogP contribution in [0.5, 0.6) is 0 Å². The molecule has 1 saturated heterocycles. The van der Waals surface area contributed by atoms with Crippen LogP contribution in [0.3, 0.4) is 0 Å². The van der Waals surface area contributed by atoms with Crippen molar-refractivity contribution >= 4 is 0 Å². The van der Waals surface area contributed by atoms with Crippen molar-refractivity contribution in [2.24, 2.45) is 5.92 Å². The van der Waals surface area contributed by atoms with Gasteiger partial charge in [0.1, 0.15) is 0 Å². The Hall–Kier alpha value is -0.290. The Balaban J connectivity index is 2.68. The second kappa shape index (κ2) is 6.05. The maximum Gasteiger partial charge on any atom is 0.401 e. The van der Waals surface area contributed by atoms with E-state index in [9.17, 15) is 13.2 Å². The average Bonchev–Trinajstić information content (AvgIpc) is 2.25. The van der Waals surface area contributed by atoms with Gasteiger partial charge in [0, 0.05) is 25.2 Å². The van der Waals surface area contributed by atoms with Crippen LogP contribution in [-0.2, 0) is 0 Å². The molecule has 1 rings (SSSR count). The molecule has 1 aliphatic rings. The summed E-state index contributed by atoms with van der Waals surface area (Å²) in [5.74, 6) is 0.294. The fraction of sp³-hybridized carbons (Fsp3) is 1.00. The molecule has 1 N–H and O–H groups in total. The Morgan fingerprint density at radius 3 is 2.47 bits per heavy atom. The molecular weight excluding hydrogens is 229 g/mol. The van der Waals surface area contributed by atoms with Crippen molar-refractivity contribution < 1.29 is 13.2 Å². The van der Waals surface area contributed by atoms with Gasteiger partial charge in [-0.3, -0.25) is 4.90 Å². The molecule has 5 heteroatoms. The highest BCUT2D eigenvalue weighted by Gasteiger charge is 2.38. The van der Waals surface area contributed by atoms with Crippen molar-refractivity contribution in [2.75, 3.05) is 19.6 Å². The number of alkyl halides is 3. The van der Waals surface area contributed by atoms with Gasteiger partial charge in [-0.1, -0.05) is 27.2 Å². The maximum absolute atomic E-state index is 12.5. The van der Waals surface area contributed by atoms with Crippen LogP contribution in [0.25, 0.3) is 0 Å². The molecule has 3 unspecified atom stereocenters. The summed E-state index contributed by atoms with van der Waals surface area (Å²) in [5, 5.41) is 3.34. The van der Waals surface area contributed by atoms with Crippen LogP contribution >= 0.6 is 0 Å². The van der Waals surface area contributed by atoms with E-state index in [1.807, 2.05) is 20.8 Å². The minimum Gasteiger partial charge on any atom is -0.311 e. The highest BCUT2D eigenvalue weighted by Crippen LogP contribution is 2.24. The number of rotatable bonds is 4. The number of piperazine rings is 1. The molecule has 0 radical (unpaired) electrons. The maximum atomic E-state index is 12.5. The lowest BCUT2D eigenvalue weighted by Gasteiger charge is -2.43. The van der Waals surface area contributed by atoms with Crippen LogP contribution in [-0.4, -0.2) is 42.8 Å². The Labute approximate surface area is 102 Å². The van der Waals surface area contributed by atoms with Gasteiger partial charge >= 0.3 is 6.18 Å². The van der Waals surface area contributed by atoms with Crippen molar-refractivity contribution in [3.8, 4) is 0 Å². The summed E-state index contributed by atoms with van der Waals surface area (Å²) in [7, 11) is 0. The number of nitrogens with one attached hydrogen (secondary N) is 1. The molecule has 0 aromatic rings. The second-order valence-corrected chi connectivity index (χ2v) is 5.01. The van der Waals surface area contributed by atoms with Gasteiger partial charge in [-0.15, -0.1) is 0 Å². The van der Waals surface area contributed by atoms with Gasteiger partial charge < -0.3 is 5.32 Å². The van der Waals surface area contributed by atoms with E-state index in [4.69, 9.17) is 0 Å². The van der Waals surface area contributed by atoms with Crippen LogP contribution in [0, 0.1) is 5.92 Å². The Morgan fingerprint density at radius 2 is 2.00 bits per heavy atom. The lowest BCUT2D eigenvalue weighted by Crippen LogP contribution is -2.60. The first-order chi connectivity index (χ1) is 7.87. The van der Waals surface area contributed by atoms with Crippen LogP contribution < -0.4 is 5.32 Å². The SMILES string of the molecule is CCC1CN(CC(F)(F)F)C(C(C)CC)CN1. The molecule has 0 saturated carbocycles. The molecule has 0 amide bonds. The van der Waals surface area contributed by atoms with Crippen LogP contribution in [0.2, 0.25) is 0 Å². The summed E-state index contributed by atoms with van der Waals surface area (Å²) in [6.45, 7) is 6.46. The second-order valence-electron chi connectivity index (χ2n) is 5.01. The molecule has 2 nitrogen and oxygen atoms in total. The van der Waals surface area contributed by atoms with Crippen molar-refractivity contribution in [2.45, 2.75) is 51.9 Å². The minimum absolute atomic E-state index is 0.00410. The molecule has 3 atom stereocenters. The monoisotopic (exact) mass is 252 g/mol. The van der Waals surface area contributed by atoms with Crippen LogP contribution in [0.1, 0.15) is 33.6 Å². The Bertz CT molecular complexity index is 230. The summed E-state index contributed by atoms with van der Waals surface area (Å²) >= 11 is 0. The fourth-order valence-corrected chi connectivity index (χ4v) is 2.42. The molecule has 0 bridgehead atoms. The lowest BCUT2D eigenvalue weighted by molar-refractivity contribution is -0.156. The fourth-order valence-electron chi connectivity index (χ4n) is 2.42. The van der Waals surface area contributed by atoms with Crippen molar-refractivity contribution in [3.05, 3.63) is 0 Å². The van der Waals surface area contributed by atoms with Crippen molar-refractivity contribution in [1.82, 2.24) is 10.2 Å². The molecule has 0 aromatic carbocycles. The first-order valence-corrected chi connectivity index (χ1v) is 6.41. The normalized spacial score (nSPS) is 29.3. The molecule has 0 aliphatic carbocycles. The smallest absolute Gasteiger partial charge is 0.311 e. The van der Waals surface area contributed by atoms with Gasteiger partial charge in [-0.05, 0) is 12.3 Å². The van der Waals surface area contributed by atoms with E-state index in [0.717, 1.165) is 12.8 Å². The summed E-state index contributed by atoms with van der Waals surface area (Å²) in [6.07, 6.45) is -2.31. The van der Waals surface area contributed by atoms with Crippen LogP contribution in [0.4, 0.5) is 13.2 Å². The van der Waals surface area contributed by atoms with Gasteiger partial charge in [0.05, 0.1) is 6.54 Å². The van der Waals surface area contributed by atoms with E-state index in [0.29, 0.717) is 19.0 Å². The van der Waals surface area contributed by atoms with Gasteiger partial charge in [0.25, 0.3) is 0 Å². The topological polar surface area (TPSA) is 15.3 Å². The zero-order valence-corrected chi connectivity index (χ0v) is 10.8. The van der Waals surface area contributed by atoms with E-state index in [1.54, 1.807) is 4.90 Å². The third-order valence-electron chi connectivity index (χ3n) is 3.72. The highest BCUT2D eigenvalue weighted by molar-refractivity contribution is 4.88. The molecule has 1 aliphatic heterocycles. The first-order valence-electron chi connectivity index (χ1n) is 6.41. The van der Waals surface area contributed by atoms with Gasteiger partial charge in [-0.25, -0.2) is 0 Å². The van der Waals surface area contributed by atoms with Gasteiger partial charge in [0.2, 0.25) is 0 Å². The highest BCUT2D eigenvalue weighted by atomic mass is 19.4. The van der Waals surface area contributed by atoms with E-state index >= 15 is 0 Å². The lowest BCUT2D eigenvalue weighted by atomic mass is 9.94. The number of hydrogen-bond donors (Lipinski definition) is 1.